The quantitative estimate of drug-likeness (QED) is 0.295. The Hall–Kier alpha value is -1.26. The first-order valence-corrected chi connectivity index (χ1v) is 10.6. The van der Waals surface area contributed by atoms with E-state index < -0.39 is 0 Å². The highest BCUT2D eigenvalue weighted by Gasteiger charge is 2.22. The number of carbonyl (C=O) groups excluding carboxylic acids is 1. The minimum atomic E-state index is -0.0504. The van der Waals surface area contributed by atoms with E-state index >= 15 is 0 Å². The summed E-state index contributed by atoms with van der Waals surface area (Å²) in [6, 6.07) is 7.71. The van der Waals surface area contributed by atoms with Crippen molar-refractivity contribution in [3.8, 4) is 5.75 Å². The van der Waals surface area contributed by atoms with Crippen molar-refractivity contribution >= 4 is 47.4 Å². The number of aliphatic imine (C=N–C) groups is 1. The van der Waals surface area contributed by atoms with Crippen LogP contribution in [0.5, 0.6) is 5.75 Å². The van der Waals surface area contributed by atoms with Crippen LogP contribution in [0.25, 0.3) is 0 Å². The molecule has 0 aromatic heterocycles. The smallest absolute Gasteiger partial charge is 0.236 e. The van der Waals surface area contributed by atoms with Crippen LogP contribution in [0.1, 0.15) is 26.7 Å². The average Bonchev–Trinajstić information content (AvgIpc) is 2.69. The average molecular weight is 552 g/mol. The van der Waals surface area contributed by atoms with Crippen LogP contribution in [0.3, 0.4) is 0 Å². The minimum Gasteiger partial charge on any atom is -0.489 e. The molecule has 170 valence electrons. The van der Waals surface area contributed by atoms with Crippen LogP contribution < -0.4 is 15.4 Å². The van der Waals surface area contributed by atoms with Gasteiger partial charge in [-0.1, -0.05) is 11.6 Å². The van der Waals surface area contributed by atoms with Crippen LogP contribution in [0.4, 0.5) is 0 Å². The SMILES string of the molecule is CCNC(=NCC(C)Oc1ccc(Cl)cc1)NC1CCN(CC(=O)N(C)C)CC1.I. The number of likely N-dealkylation sites (N-methyl/N-ethyl adjacent to an activating group) is 1. The van der Waals surface area contributed by atoms with Gasteiger partial charge >= 0.3 is 0 Å². The van der Waals surface area contributed by atoms with Crippen LogP contribution in [0.15, 0.2) is 29.3 Å². The van der Waals surface area contributed by atoms with Gasteiger partial charge < -0.3 is 20.3 Å². The molecule has 1 atom stereocenters. The Morgan fingerprint density at radius 1 is 1.30 bits per heavy atom. The van der Waals surface area contributed by atoms with Gasteiger partial charge in [0.1, 0.15) is 11.9 Å². The molecule has 0 bridgehead atoms. The molecule has 1 aromatic carbocycles. The molecule has 1 aliphatic rings. The number of benzene rings is 1. The van der Waals surface area contributed by atoms with Gasteiger partial charge in [-0.15, -0.1) is 24.0 Å². The van der Waals surface area contributed by atoms with E-state index in [-0.39, 0.29) is 36.0 Å². The molecule has 9 heteroatoms. The lowest BCUT2D eigenvalue weighted by atomic mass is 10.1. The molecule has 0 spiro atoms. The Bertz CT molecular complexity index is 664. The molecule has 0 radical (unpaired) electrons. The van der Waals surface area contributed by atoms with Crippen molar-refractivity contribution in [1.29, 1.82) is 0 Å². The maximum atomic E-state index is 11.9. The first-order chi connectivity index (χ1) is 13.9. The van der Waals surface area contributed by atoms with E-state index in [4.69, 9.17) is 16.3 Å². The lowest BCUT2D eigenvalue weighted by molar-refractivity contribution is -0.130. The van der Waals surface area contributed by atoms with E-state index in [9.17, 15) is 4.79 Å². The van der Waals surface area contributed by atoms with Crippen molar-refractivity contribution in [2.24, 2.45) is 4.99 Å². The minimum absolute atomic E-state index is 0. The summed E-state index contributed by atoms with van der Waals surface area (Å²) in [5, 5.41) is 7.52. The number of halogens is 2. The van der Waals surface area contributed by atoms with Crippen molar-refractivity contribution in [3.63, 3.8) is 0 Å². The van der Waals surface area contributed by atoms with E-state index in [1.165, 1.54) is 0 Å². The standard InChI is InChI=1S/C21H34ClN5O2.HI/c1-5-23-21(24-14-16(2)29-19-8-6-17(22)7-9-19)25-18-10-12-27(13-11-18)15-20(28)26(3)4;/h6-9,16,18H,5,10-15H2,1-4H3,(H2,23,24,25);1H. The lowest BCUT2D eigenvalue weighted by Gasteiger charge is -2.33. The predicted octanol–water partition coefficient (Wildman–Crippen LogP) is 2.83. The van der Waals surface area contributed by atoms with E-state index in [1.54, 1.807) is 19.0 Å². The Morgan fingerprint density at radius 3 is 2.50 bits per heavy atom. The maximum Gasteiger partial charge on any atom is 0.236 e. The predicted molar refractivity (Wildman–Crippen MR) is 134 cm³/mol. The van der Waals surface area contributed by atoms with E-state index in [0.717, 1.165) is 44.2 Å². The highest BCUT2D eigenvalue weighted by molar-refractivity contribution is 14.0. The first-order valence-electron chi connectivity index (χ1n) is 10.3. The van der Waals surface area contributed by atoms with Crippen molar-refractivity contribution in [3.05, 3.63) is 29.3 Å². The van der Waals surface area contributed by atoms with Gasteiger partial charge in [0.05, 0.1) is 13.1 Å². The number of hydrogen-bond acceptors (Lipinski definition) is 4. The van der Waals surface area contributed by atoms with E-state index in [0.29, 0.717) is 24.2 Å². The molecule has 0 aliphatic carbocycles. The van der Waals surface area contributed by atoms with Gasteiger partial charge in [0, 0.05) is 44.8 Å². The van der Waals surface area contributed by atoms with Crippen molar-refractivity contribution in [2.45, 2.75) is 38.8 Å². The number of nitrogens with one attached hydrogen (secondary N) is 2. The number of hydrogen-bond donors (Lipinski definition) is 2. The summed E-state index contributed by atoms with van der Waals surface area (Å²) < 4.78 is 5.89. The number of nitrogens with zero attached hydrogens (tertiary/aromatic N) is 3. The number of amides is 1. The third-order valence-electron chi connectivity index (χ3n) is 4.79. The summed E-state index contributed by atoms with van der Waals surface area (Å²) in [5.74, 6) is 1.75. The van der Waals surface area contributed by atoms with Crippen LogP contribution in [-0.4, -0.2) is 80.6 Å². The van der Waals surface area contributed by atoms with Gasteiger partial charge in [-0.3, -0.25) is 9.69 Å². The number of rotatable bonds is 8. The molecule has 1 unspecified atom stereocenters. The second kappa shape index (κ2) is 13.9. The van der Waals surface area contributed by atoms with Crippen molar-refractivity contribution in [1.82, 2.24) is 20.4 Å². The zero-order valence-electron chi connectivity index (χ0n) is 18.4. The summed E-state index contributed by atoms with van der Waals surface area (Å²) in [7, 11) is 3.60. The summed E-state index contributed by atoms with van der Waals surface area (Å²) in [5.41, 5.74) is 0. The third kappa shape index (κ3) is 9.70. The molecule has 1 fully saturated rings. The summed E-state index contributed by atoms with van der Waals surface area (Å²) in [4.78, 5) is 20.4. The first kappa shape index (κ1) is 26.8. The zero-order chi connectivity index (χ0) is 21.2. The molecule has 30 heavy (non-hydrogen) atoms. The van der Waals surface area contributed by atoms with Crippen LogP contribution in [0, 0.1) is 0 Å². The lowest BCUT2D eigenvalue weighted by Crippen LogP contribution is -2.50. The molecule has 1 saturated heterocycles. The summed E-state index contributed by atoms with van der Waals surface area (Å²) in [6.07, 6.45) is 1.93. The Morgan fingerprint density at radius 2 is 1.93 bits per heavy atom. The third-order valence-corrected chi connectivity index (χ3v) is 5.04. The normalized spacial score (nSPS) is 16.4. The Balaban J connectivity index is 0.00000450. The summed E-state index contributed by atoms with van der Waals surface area (Å²) >= 11 is 5.91. The zero-order valence-corrected chi connectivity index (χ0v) is 21.4. The van der Waals surface area contributed by atoms with Gasteiger partial charge in [-0.05, 0) is 51.0 Å². The van der Waals surface area contributed by atoms with E-state index in [2.05, 4.69) is 27.4 Å². The molecule has 2 N–H and O–H groups in total. The molecular formula is C21H35ClIN5O2. The maximum absolute atomic E-state index is 11.9. The Labute approximate surface area is 202 Å². The highest BCUT2D eigenvalue weighted by atomic mass is 127. The molecule has 2 rings (SSSR count). The number of piperidine rings is 1. The van der Waals surface area contributed by atoms with Crippen LogP contribution in [0.2, 0.25) is 5.02 Å². The van der Waals surface area contributed by atoms with Crippen molar-refractivity contribution < 1.29 is 9.53 Å². The fraction of sp³-hybridized carbons (Fsp3) is 0.619. The highest BCUT2D eigenvalue weighted by Crippen LogP contribution is 2.17. The second-order valence-corrected chi connectivity index (χ2v) is 8.02. The number of guanidine groups is 1. The van der Waals surface area contributed by atoms with Gasteiger partial charge in [0.25, 0.3) is 0 Å². The monoisotopic (exact) mass is 551 g/mol. The number of ether oxygens (including phenoxy) is 1. The Kier molecular flexibility index (Phi) is 12.4. The number of carbonyl (C=O) groups is 1. The molecule has 0 saturated carbocycles. The fourth-order valence-corrected chi connectivity index (χ4v) is 3.21. The summed E-state index contributed by atoms with van der Waals surface area (Å²) in [6.45, 7) is 7.72. The van der Waals surface area contributed by atoms with E-state index in [1.807, 2.05) is 31.2 Å². The molecule has 1 aliphatic heterocycles. The van der Waals surface area contributed by atoms with Gasteiger partial charge in [0.2, 0.25) is 5.91 Å². The van der Waals surface area contributed by atoms with Gasteiger partial charge in [-0.25, -0.2) is 4.99 Å². The molecule has 1 aromatic rings. The fourth-order valence-electron chi connectivity index (χ4n) is 3.08. The molecule has 7 nitrogen and oxygen atoms in total. The van der Waals surface area contributed by atoms with Crippen molar-refractivity contribution in [2.75, 3.05) is 46.8 Å². The largest absolute Gasteiger partial charge is 0.489 e. The van der Waals surface area contributed by atoms with Gasteiger partial charge in [0.15, 0.2) is 5.96 Å². The topological polar surface area (TPSA) is 69.2 Å². The molecule has 1 amide bonds. The second-order valence-electron chi connectivity index (χ2n) is 7.58. The van der Waals surface area contributed by atoms with Crippen LogP contribution in [-0.2, 0) is 4.79 Å². The molecular weight excluding hydrogens is 517 g/mol. The van der Waals surface area contributed by atoms with Gasteiger partial charge in [-0.2, -0.15) is 0 Å². The number of likely N-dealkylation sites (tertiary alicyclic amines) is 1. The molecule has 1 heterocycles. The van der Waals surface area contributed by atoms with Crippen LogP contribution >= 0.6 is 35.6 Å².